The maximum absolute atomic E-state index is 13.1. The lowest BCUT2D eigenvalue weighted by Crippen LogP contribution is -2.20. The quantitative estimate of drug-likeness (QED) is 0.834. The molecule has 0 radical (unpaired) electrons. The van der Waals surface area contributed by atoms with Crippen molar-refractivity contribution in [1.29, 1.82) is 0 Å². The molecule has 2 aromatic rings. The molecule has 0 aromatic heterocycles. The Balaban J connectivity index is 2.01. The van der Waals surface area contributed by atoms with E-state index in [1.807, 2.05) is 30.3 Å². The Morgan fingerprint density at radius 3 is 2.53 bits per heavy atom. The van der Waals surface area contributed by atoms with Crippen LogP contribution in [0.2, 0.25) is 5.02 Å². The third-order valence-electron chi connectivity index (χ3n) is 3.12. The molecular formula is C16H17ClFN. The Labute approximate surface area is 118 Å². The van der Waals surface area contributed by atoms with Crippen LogP contribution in [0.25, 0.3) is 0 Å². The minimum atomic E-state index is -0.196. The Morgan fingerprint density at radius 2 is 1.89 bits per heavy atom. The van der Waals surface area contributed by atoms with Crippen molar-refractivity contribution in [1.82, 2.24) is 5.32 Å². The van der Waals surface area contributed by atoms with Crippen LogP contribution in [0.5, 0.6) is 0 Å². The van der Waals surface area contributed by atoms with Gasteiger partial charge in [-0.3, -0.25) is 0 Å². The number of benzene rings is 2. The van der Waals surface area contributed by atoms with Gasteiger partial charge in [0.1, 0.15) is 5.82 Å². The summed E-state index contributed by atoms with van der Waals surface area (Å²) >= 11 is 5.89. The number of rotatable bonds is 5. The summed E-state index contributed by atoms with van der Waals surface area (Å²) in [5.41, 5.74) is 2.15. The third kappa shape index (κ3) is 4.05. The molecule has 0 aliphatic rings. The van der Waals surface area contributed by atoms with Gasteiger partial charge in [-0.1, -0.05) is 42.8 Å². The Morgan fingerprint density at radius 1 is 1.16 bits per heavy atom. The Kier molecular flexibility index (Phi) is 4.94. The standard InChI is InChI=1S/C16H17ClFN/c1-2-16(13-6-8-14(17)9-7-13)19-11-12-4-3-5-15(18)10-12/h3-10,16,19H,2,11H2,1H3. The minimum Gasteiger partial charge on any atom is -0.306 e. The first-order valence-electron chi connectivity index (χ1n) is 6.42. The summed E-state index contributed by atoms with van der Waals surface area (Å²) in [7, 11) is 0. The SMILES string of the molecule is CCC(NCc1cccc(F)c1)c1ccc(Cl)cc1. The fourth-order valence-electron chi connectivity index (χ4n) is 2.08. The van der Waals surface area contributed by atoms with E-state index in [2.05, 4.69) is 12.2 Å². The Bertz CT molecular complexity index is 525. The van der Waals surface area contributed by atoms with E-state index < -0.39 is 0 Å². The molecule has 100 valence electrons. The summed E-state index contributed by atoms with van der Waals surface area (Å²) in [5, 5.41) is 4.18. The molecule has 0 saturated heterocycles. The van der Waals surface area contributed by atoms with E-state index >= 15 is 0 Å². The van der Waals surface area contributed by atoms with Gasteiger partial charge in [0.05, 0.1) is 0 Å². The molecular weight excluding hydrogens is 261 g/mol. The maximum Gasteiger partial charge on any atom is 0.123 e. The van der Waals surface area contributed by atoms with Gasteiger partial charge in [0.25, 0.3) is 0 Å². The molecule has 3 heteroatoms. The molecule has 2 rings (SSSR count). The van der Waals surface area contributed by atoms with E-state index in [0.29, 0.717) is 6.54 Å². The van der Waals surface area contributed by atoms with Crippen molar-refractivity contribution in [2.45, 2.75) is 25.9 Å². The molecule has 0 fully saturated rings. The van der Waals surface area contributed by atoms with Crippen LogP contribution >= 0.6 is 11.6 Å². The summed E-state index contributed by atoms with van der Waals surface area (Å²) < 4.78 is 13.1. The van der Waals surface area contributed by atoms with E-state index in [-0.39, 0.29) is 11.9 Å². The van der Waals surface area contributed by atoms with Gasteiger partial charge in [-0.05, 0) is 41.8 Å². The average Bonchev–Trinajstić information content (AvgIpc) is 2.41. The third-order valence-corrected chi connectivity index (χ3v) is 3.37. The monoisotopic (exact) mass is 277 g/mol. The fourth-order valence-corrected chi connectivity index (χ4v) is 2.21. The van der Waals surface area contributed by atoms with Gasteiger partial charge >= 0.3 is 0 Å². The van der Waals surface area contributed by atoms with Gasteiger partial charge in [-0.15, -0.1) is 0 Å². The van der Waals surface area contributed by atoms with Gasteiger partial charge in [0.15, 0.2) is 0 Å². The van der Waals surface area contributed by atoms with Crippen molar-refractivity contribution in [3.05, 3.63) is 70.5 Å². The molecule has 0 heterocycles. The lowest BCUT2D eigenvalue weighted by Gasteiger charge is -2.17. The predicted octanol–water partition coefficient (Wildman–Crippen LogP) is 4.72. The Hall–Kier alpha value is -1.38. The molecule has 0 saturated carbocycles. The summed E-state index contributed by atoms with van der Waals surface area (Å²) in [5.74, 6) is -0.196. The van der Waals surface area contributed by atoms with Crippen molar-refractivity contribution < 1.29 is 4.39 Å². The maximum atomic E-state index is 13.1. The zero-order valence-electron chi connectivity index (χ0n) is 10.9. The van der Waals surface area contributed by atoms with E-state index in [4.69, 9.17) is 11.6 Å². The summed E-state index contributed by atoms with van der Waals surface area (Å²) in [4.78, 5) is 0. The number of hydrogen-bond acceptors (Lipinski definition) is 1. The smallest absolute Gasteiger partial charge is 0.123 e. The molecule has 0 aliphatic carbocycles. The topological polar surface area (TPSA) is 12.0 Å². The van der Waals surface area contributed by atoms with Crippen molar-refractivity contribution in [3.63, 3.8) is 0 Å². The van der Waals surface area contributed by atoms with E-state index in [9.17, 15) is 4.39 Å². The lowest BCUT2D eigenvalue weighted by atomic mass is 10.0. The normalized spacial score (nSPS) is 12.4. The molecule has 2 aromatic carbocycles. The number of hydrogen-bond donors (Lipinski definition) is 1. The molecule has 1 N–H and O–H groups in total. The van der Waals surface area contributed by atoms with E-state index in [1.165, 1.54) is 11.6 Å². The van der Waals surface area contributed by atoms with Crippen molar-refractivity contribution in [3.8, 4) is 0 Å². The summed E-state index contributed by atoms with van der Waals surface area (Å²) in [6, 6.07) is 14.7. The highest BCUT2D eigenvalue weighted by molar-refractivity contribution is 6.30. The van der Waals surface area contributed by atoms with Crippen molar-refractivity contribution in [2.75, 3.05) is 0 Å². The van der Waals surface area contributed by atoms with Crippen molar-refractivity contribution >= 4 is 11.6 Å². The van der Waals surface area contributed by atoms with Crippen LogP contribution in [0.3, 0.4) is 0 Å². The fraction of sp³-hybridized carbons (Fsp3) is 0.250. The molecule has 0 amide bonds. The highest BCUT2D eigenvalue weighted by Crippen LogP contribution is 2.19. The van der Waals surface area contributed by atoms with Crippen LogP contribution < -0.4 is 5.32 Å². The predicted molar refractivity (Wildman–Crippen MR) is 77.7 cm³/mol. The number of nitrogens with one attached hydrogen (secondary N) is 1. The summed E-state index contributed by atoms with van der Waals surface area (Å²) in [6.07, 6.45) is 0.969. The minimum absolute atomic E-state index is 0.196. The second kappa shape index (κ2) is 6.69. The summed E-state index contributed by atoms with van der Waals surface area (Å²) in [6.45, 7) is 2.77. The molecule has 1 atom stereocenters. The van der Waals surface area contributed by atoms with Crippen LogP contribution in [-0.2, 0) is 6.54 Å². The second-order valence-electron chi connectivity index (χ2n) is 4.52. The molecule has 0 bridgehead atoms. The zero-order valence-corrected chi connectivity index (χ0v) is 11.6. The van der Waals surface area contributed by atoms with Crippen LogP contribution in [0.15, 0.2) is 48.5 Å². The average molecular weight is 278 g/mol. The molecule has 1 unspecified atom stereocenters. The number of halogens is 2. The highest BCUT2D eigenvalue weighted by Gasteiger charge is 2.08. The first-order chi connectivity index (χ1) is 9.19. The molecule has 0 spiro atoms. The van der Waals surface area contributed by atoms with Gasteiger partial charge < -0.3 is 5.32 Å². The molecule has 19 heavy (non-hydrogen) atoms. The second-order valence-corrected chi connectivity index (χ2v) is 4.96. The van der Waals surface area contributed by atoms with Crippen LogP contribution in [-0.4, -0.2) is 0 Å². The van der Waals surface area contributed by atoms with Gasteiger partial charge in [0, 0.05) is 17.6 Å². The van der Waals surface area contributed by atoms with Crippen LogP contribution in [0.1, 0.15) is 30.5 Å². The van der Waals surface area contributed by atoms with Gasteiger partial charge in [-0.25, -0.2) is 4.39 Å². The molecule has 0 aliphatic heterocycles. The zero-order chi connectivity index (χ0) is 13.7. The van der Waals surface area contributed by atoms with Crippen LogP contribution in [0.4, 0.5) is 4.39 Å². The largest absolute Gasteiger partial charge is 0.306 e. The molecule has 1 nitrogen and oxygen atoms in total. The van der Waals surface area contributed by atoms with Gasteiger partial charge in [-0.2, -0.15) is 0 Å². The van der Waals surface area contributed by atoms with Crippen LogP contribution in [0, 0.1) is 5.82 Å². The first-order valence-corrected chi connectivity index (χ1v) is 6.80. The van der Waals surface area contributed by atoms with Gasteiger partial charge in [0.2, 0.25) is 0 Å². The first kappa shape index (κ1) is 14.0. The van der Waals surface area contributed by atoms with Crippen molar-refractivity contribution in [2.24, 2.45) is 0 Å². The van der Waals surface area contributed by atoms with E-state index in [0.717, 1.165) is 17.0 Å². The lowest BCUT2D eigenvalue weighted by molar-refractivity contribution is 0.517. The van der Waals surface area contributed by atoms with E-state index in [1.54, 1.807) is 12.1 Å². The highest BCUT2D eigenvalue weighted by atomic mass is 35.5.